The van der Waals surface area contributed by atoms with E-state index in [1.807, 2.05) is 0 Å². The van der Waals surface area contributed by atoms with Crippen molar-refractivity contribution in [2.75, 3.05) is 25.0 Å². The van der Waals surface area contributed by atoms with E-state index in [1.165, 1.54) is 18.2 Å². The summed E-state index contributed by atoms with van der Waals surface area (Å²) >= 11 is 0. The predicted molar refractivity (Wildman–Crippen MR) is 73.1 cm³/mol. The molecule has 2 heterocycles. The topological polar surface area (TPSA) is 41.3 Å². The van der Waals surface area contributed by atoms with E-state index in [0.29, 0.717) is 30.2 Å². The minimum absolute atomic E-state index is 0.136. The Kier molecular flexibility index (Phi) is 4.01. The minimum atomic E-state index is -2.29. The first-order valence-electron chi connectivity index (χ1n) is 6.93. The number of hydrogen-bond donors (Lipinski definition) is 1. The normalized spacial score (nSPS) is 17.7. The fourth-order valence-electron chi connectivity index (χ4n) is 2.59. The number of likely N-dealkylation sites (tertiary alicyclic amines) is 1. The minimum Gasteiger partial charge on any atom is -0.424 e. The predicted octanol–water partition coefficient (Wildman–Crippen LogP) is 3.11. The summed E-state index contributed by atoms with van der Waals surface area (Å²) in [5.41, 5.74) is 0.988. The number of rotatable bonds is 4. The molecule has 1 saturated heterocycles. The lowest BCUT2D eigenvalue weighted by molar-refractivity contribution is 0.0768. The summed E-state index contributed by atoms with van der Waals surface area (Å²) in [4.78, 5) is 5.94. The van der Waals surface area contributed by atoms with Gasteiger partial charge in [-0.25, -0.2) is 13.2 Å². The van der Waals surface area contributed by atoms with Crippen molar-refractivity contribution in [2.45, 2.75) is 25.3 Å². The molecule has 3 rings (SSSR count). The summed E-state index contributed by atoms with van der Waals surface area (Å²) in [6.45, 7) is 1.07. The molecule has 2 aromatic rings. The lowest BCUT2D eigenvalue weighted by atomic mass is 10.1. The number of fused-ring (bicyclic) bond motifs is 1. The molecule has 114 valence electrons. The van der Waals surface area contributed by atoms with Crippen LogP contribution in [0.15, 0.2) is 22.6 Å². The number of nitrogens with one attached hydrogen (secondary N) is 1. The van der Waals surface area contributed by atoms with Gasteiger partial charge in [-0.15, -0.1) is 0 Å². The molecule has 1 N–H and O–H groups in total. The van der Waals surface area contributed by atoms with E-state index in [1.54, 1.807) is 4.90 Å². The second-order valence-electron chi connectivity index (χ2n) is 5.24. The Balaban J connectivity index is 1.59. The van der Waals surface area contributed by atoms with Crippen LogP contribution in [0.2, 0.25) is 0 Å². The zero-order chi connectivity index (χ0) is 14.8. The van der Waals surface area contributed by atoms with Crippen molar-refractivity contribution in [1.29, 1.82) is 0 Å². The average Bonchev–Trinajstić information content (AvgIpc) is 2.82. The Labute approximate surface area is 119 Å². The van der Waals surface area contributed by atoms with E-state index in [4.69, 9.17) is 4.42 Å². The summed E-state index contributed by atoms with van der Waals surface area (Å²) in [5, 5.41) is 3.15. The van der Waals surface area contributed by atoms with E-state index in [0.717, 1.165) is 12.8 Å². The maximum Gasteiger partial charge on any atom is 0.295 e. The molecule has 0 unspecified atom stereocenters. The summed E-state index contributed by atoms with van der Waals surface area (Å²) in [5.74, 6) is -0.359. The molecule has 0 radical (unpaired) electrons. The van der Waals surface area contributed by atoms with Crippen molar-refractivity contribution >= 4 is 17.1 Å². The highest BCUT2D eigenvalue weighted by Crippen LogP contribution is 2.22. The molecule has 0 aliphatic carbocycles. The first-order chi connectivity index (χ1) is 10.1. The molecule has 0 spiro atoms. The van der Waals surface area contributed by atoms with Crippen LogP contribution in [0.25, 0.3) is 11.1 Å². The van der Waals surface area contributed by atoms with Crippen LogP contribution in [0, 0.1) is 5.82 Å². The van der Waals surface area contributed by atoms with Crippen LogP contribution in [-0.4, -0.2) is 42.0 Å². The van der Waals surface area contributed by atoms with Crippen LogP contribution in [0.4, 0.5) is 19.2 Å². The van der Waals surface area contributed by atoms with Crippen LogP contribution >= 0.6 is 0 Å². The van der Waals surface area contributed by atoms with Gasteiger partial charge < -0.3 is 9.73 Å². The van der Waals surface area contributed by atoms with Crippen molar-refractivity contribution < 1.29 is 17.6 Å². The third-order valence-corrected chi connectivity index (χ3v) is 3.66. The number of oxazole rings is 1. The lowest BCUT2D eigenvalue weighted by Gasteiger charge is -2.31. The number of nitrogens with zero attached hydrogens (tertiary/aromatic N) is 2. The summed E-state index contributed by atoms with van der Waals surface area (Å²) in [6, 6.07) is 4.66. The molecule has 0 saturated carbocycles. The number of piperidine rings is 1. The van der Waals surface area contributed by atoms with Crippen molar-refractivity contribution in [3.63, 3.8) is 0 Å². The van der Waals surface area contributed by atoms with Crippen LogP contribution in [0.1, 0.15) is 12.8 Å². The van der Waals surface area contributed by atoms with Crippen LogP contribution < -0.4 is 5.32 Å². The van der Waals surface area contributed by atoms with Gasteiger partial charge in [0.25, 0.3) is 12.4 Å². The molecule has 1 aliphatic rings. The van der Waals surface area contributed by atoms with Gasteiger partial charge in [-0.3, -0.25) is 4.90 Å². The largest absolute Gasteiger partial charge is 0.424 e. The number of anilines is 1. The Morgan fingerprint density at radius 1 is 1.33 bits per heavy atom. The van der Waals surface area contributed by atoms with Gasteiger partial charge in [0, 0.05) is 25.2 Å². The second-order valence-corrected chi connectivity index (χ2v) is 5.24. The molecule has 7 heteroatoms. The van der Waals surface area contributed by atoms with E-state index < -0.39 is 6.43 Å². The number of halogens is 3. The van der Waals surface area contributed by atoms with Crippen LogP contribution in [0.3, 0.4) is 0 Å². The molecule has 4 nitrogen and oxygen atoms in total. The quantitative estimate of drug-likeness (QED) is 0.942. The average molecular weight is 299 g/mol. The van der Waals surface area contributed by atoms with Crippen LogP contribution in [-0.2, 0) is 0 Å². The molecule has 0 amide bonds. The van der Waals surface area contributed by atoms with Crippen molar-refractivity contribution in [3.8, 4) is 0 Å². The Bertz CT molecular complexity index is 609. The van der Waals surface area contributed by atoms with E-state index in [2.05, 4.69) is 10.3 Å². The zero-order valence-corrected chi connectivity index (χ0v) is 11.4. The Morgan fingerprint density at radius 3 is 2.81 bits per heavy atom. The smallest absolute Gasteiger partial charge is 0.295 e. The molecule has 1 aromatic heterocycles. The van der Waals surface area contributed by atoms with E-state index in [-0.39, 0.29) is 18.4 Å². The highest BCUT2D eigenvalue weighted by atomic mass is 19.3. The highest BCUT2D eigenvalue weighted by Gasteiger charge is 2.22. The lowest BCUT2D eigenvalue weighted by Crippen LogP contribution is -2.41. The van der Waals surface area contributed by atoms with Crippen molar-refractivity contribution in [1.82, 2.24) is 9.88 Å². The fraction of sp³-hybridized carbons (Fsp3) is 0.500. The fourth-order valence-corrected chi connectivity index (χ4v) is 2.59. The van der Waals surface area contributed by atoms with Gasteiger partial charge in [0.2, 0.25) is 0 Å². The molecule has 0 bridgehead atoms. The van der Waals surface area contributed by atoms with Gasteiger partial charge in [0.1, 0.15) is 11.3 Å². The second kappa shape index (κ2) is 5.93. The standard InChI is InChI=1S/C14H16F3N3O/c15-9-1-2-12-11(7-9)19-14(21-12)18-10-3-5-20(6-4-10)8-13(16)17/h1-2,7,10,13H,3-6,8H2,(H,18,19). The zero-order valence-electron chi connectivity index (χ0n) is 11.4. The highest BCUT2D eigenvalue weighted by molar-refractivity contribution is 5.74. The summed E-state index contributed by atoms with van der Waals surface area (Å²) in [7, 11) is 0. The molecule has 0 atom stereocenters. The van der Waals surface area contributed by atoms with Gasteiger partial charge in [-0.1, -0.05) is 0 Å². The maximum atomic E-state index is 13.1. The molecular weight excluding hydrogens is 283 g/mol. The van der Waals surface area contributed by atoms with Gasteiger partial charge in [0.05, 0.1) is 6.54 Å². The first kappa shape index (κ1) is 14.2. The number of hydrogen-bond acceptors (Lipinski definition) is 4. The maximum absolute atomic E-state index is 13.1. The summed E-state index contributed by atoms with van der Waals surface area (Å²) < 4.78 is 43.2. The van der Waals surface area contributed by atoms with Crippen LogP contribution in [0.5, 0.6) is 0 Å². The molecule has 1 fully saturated rings. The third kappa shape index (κ3) is 3.47. The Morgan fingerprint density at radius 2 is 2.10 bits per heavy atom. The van der Waals surface area contributed by atoms with E-state index >= 15 is 0 Å². The first-order valence-corrected chi connectivity index (χ1v) is 6.93. The molecular formula is C14H16F3N3O. The van der Waals surface area contributed by atoms with Gasteiger partial charge in [0.15, 0.2) is 5.58 Å². The van der Waals surface area contributed by atoms with Crippen molar-refractivity contribution in [2.24, 2.45) is 0 Å². The molecule has 1 aliphatic heterocycles. The molecule has 1 aromatic carbocycles. The number of benzene rings is 1. The van der Waals surface area contributed by atoms with Gasteiger partial charge in [-0.2, -0.15) is 4.98 Å². The molecule has 21 heavy (non-hydrogen) atoms. The monoisotopic (exact) mass is 299 g/mol. The van der Waals surface area contributed by atoms with Gasteiger partial charge in [-0.05, 0) is 25.0 Å². The van der Waals surface area contributed by atoms with Gasteiger partial charge >= 0.3 is 0 Å². The number of aromatic nitrogens is 1. The van der Waals surface area contributed by atoms with E-state index in [9.17, 15) is 13.2 Å². The van der Waals surface area contributed by atoms with Crippen molar-refractivity contribution in [3.05, 3.63) is 24.0 Å². The SMILES string of the molecule is Fc1ccc2oc(NC3CCN(CC(F)F)CC3)nc2c1. The summed E-state index contributed by atoms with van der Waals surface area (Å²) in [6.07, 6.45) is -0.791. The third-order valence-electron chi connectivity index (χ3n) is 3.66. The Hall–Kier alpha value is -1.76. The number of alkyl halides is 2.